The summed E-state index contributed by atoms with van der Waals surface area (Å²) in [4.78, 5) is 25.0. The number of phenols is 1. The maximum atomic E-state index is 12.6. The van der Waals surface area contributed by atoms with Crippen molar-refractivity contribution in [1.29, 1.82) is 5.41 Å². The van der Waals surface area contributed by atoms with Crippen LogP contribution in [0.4, 0.5) is 0 Å². The highest BCUT2D eigenvalue weighted by atomic mass is 35.5. The van der Waals surface area contributed by atoms with E-state index in [1.54, 1.807) is 0 Å². The van der Waals surface area contributed by atoms with Crippen molar-refractivity contribution in [3.8, 4) is 5.75 Å². The molecule has 1 heterocycles. The molecule has 2 aromatic rings. The van der Waals surface area contributed by atoms with E-state index in [1.807, 2.05) is 0 Å². The first-order chi connectivity index (χ1) is 13.4. The van der Waals surface area contributed by atoms with Gasteiger partial charge >= 0.3 is 0 Å². The Labute approximate surface area is 169 Å². The number of hydrogen-bond donors (Lipinski definition) is 3. The Morgan fingerprint density at radius 2 is 1.82 bits per heavy atom. The Hall–Kier alpha value is -2.60. The number of hydrogen-bond acceptors (Lipinski definition) is 5. The molecule has 0 aliphatic rings. The van der Waals surface area contributed by atoms with Crippen LogP contribution in [-0.2, 0) is 0 Å². The van der Waals surface area contributed by atoms with Gasteiger partial charge in [0.05, 0.1) is 11.1 Å². The molecule has 0 spiro atoms. The Morgan fingerprint density at radius 3 is 2.57 bits per heavy atom. The van der Waals surface area contributed by atoms with Gasteiger partial charge in [0.1, 0.15) is 17.6 Å². The maximum Gasteiger partial charge on any atom is 0.256 e. The quantitative estimate of drug-likeness (QED) is 0.402. The second kappa shape index (κ2) is 10.7. The van der Waals surface area contributed by atoms with Crippen molar-refractivity contribution in [2.45, 2.75) is 45.4 Å². The number of aromatic hydroxyl groups is 1. The molecule has 28 heavy (non-hydrogen) atoms. The highest BCUT2D eigenvalue weighted by molar-refractivity contribution is 6.31. The number of carbonyl (C=O) groups excluding carboxylic acids is 2. The topological polar surface area (TPSA) is 103 Å². The SMILES string of the molecule is CCCCCCCCNC(=O)c1cc(C(=O)c2cc(Cl)ccc2O)coc1=N. The van der Waals surface area contributed by atoms with Gasteiger partial charge in [-0.15, -0.1) is 0 Å². The van der Waals surface area contributed by atoms with Crippen LogP contribution < -0.4 is 10.9 Å². The molecule has 1 aromatic carbocycles. The summed E-state index contributed by atoms with van der Waals surface area (Å²) in [6, 6.07) is 5.42. The molecule has 0 aliphatic heterocycles. The van der Waals surface area contributed by atoms with Crippen LogP contribution in [0.2, 0.25) is 5.02 Å². The van der Waals surface area contributed by atoms with Crippen LogP contribution in [0.25, 0.3) is 0 Å². The summed E-state index contributed by atoms with van der Waals surface area (Å²) in [7, 11) is 0. The number of benzene rings is 1. The van der Waals surface area contributed by atoms with E-state index >= 15 is 0 Å². The summed E-state index contributed by atoms with van der Waals surface area (Å²) in [5.74, 6) is -1.24. The van der Waals surface area contributed by atoms with Crippen LogP contribution in [0, 0.1) is 5.41 Å². The van der Waals surface area contributed by atoms with Crippen molar-refractivity contribution >= 4 is 23.3 Å². The molecule has 0 aliphatic carbocycles. The minimum absolute atomic E-state index is 0.00105. The number of rotatable bonds is 10. The number of ketones is 1. The third kappa shape index (κ3) is 5.96. The third-order valence-corrected chi connectivity index (χ3v) is 4.61. The number of amides is 1. The van der Waals surface area contributed by atoms with Crippen LogP contribution in [0.5, 0.6) is 5.75 Å². The fourth-order valence-corrected chi connectivity index (χ4v) is 2.95. The molecular formula is C21H25ClN2O4. The minimum Gasteiger partial charge on any atom is -0.507 e. The van der Waals surface area contributed by atoms with Gasteiger partial charge in [0.25, 0.3) is 5.91 Å². The molecule has 0 atom stereocenters. The first-order valence-electron chi connectivity index (χ1n) is 9.43. The summed E-state index contributed by atoms with van der Waals surface area (Å²) in [6.45, 7) is 2.66. The molecule has 0 unspecified atom stereocenters. The second-order valence-corrected chi connectivity index (χ2v) is 7.03. The van der Waals surface area contributed by atoms with Crippen LogP contribution in [0.3, 0.4) is 0 Å². The number of nitrogens with one attached hydrogen (secondary N) is 2. The molecule has 1 amide bonds. The zero-order chi connectivity index (χ0) is 20.5. The van der Waals surface area contributed by atoms with Gasteiger partial charge in [-0.05, 0) is 30.7 Å². The smallest absolute Gasteiger partial charge is 0.256 e. The molecule has 7 heteroatoms. The van der Waals surface area contributed by atoms with Gasteiger partial charge in [0.2, 0.25) is 5.55 Å². The third-order valence-electron chi connectivity index (χ3n) is 4.37. The van der Waals surface area contributed by atoms with Gasteiger partial charge in [-0.1, -0.05) is 50.6 Å². The van der Waals surface area contributed by atoms with E-state index in [0.29, 0.717) is 11.6 Å². The summed E-state index contributed by atoms with van der Waals surface area (Å²) >= 11 is 5.89. The van der Waals surface area contributed by atoms with Crippen molar-refractivity contribution < 1.29 is 19.1 Å². The lowest BCUT2D eigenvalue weighted by molar-refractivity contribution is 0.0948. The molecule has 0 saturated carbocycles. The second-order valence-electron chi connectivity index (χ2n) is 6.59. The number of carbonyl (C=O) groups is 2. The van der Waals surface area contributed by atoms with Crippen LogP contribution in [-0.4, -0.2) is 23.3 Å². The highest BCUT2D eigenvalue weighted by Gasteiger charge is 2.18. The monoisotopic (exact) mass is 404 g/mol. The van der Waals surface area contributed by atoms with Crippen molar-refractivity contribution in [1.82, 2.24) is 5.32 Å². The number of halogens is 1. The van der Waals surface area contributed by atoms with E-state index in [4.69, 9.17) is 21.4 Å². The molecule has 0 radical (unpaired) electrons. The van der Waals surface area contributed by atoms with Gasteiger partial charge in [-0.3, -0.25) is 15.0 Å². The molecule has 1 aromatic heterocycles. The number of unbranched alkanes of at least 4 members (excludes halogenated alkanes) is 5. The molecule has 150 valence electrons. The predicted octanol–water partition coefficient (Wildman–Crippen LogP) is 4.44. The maximum absolute atomic E-state index is 12.6. The van der Waals surface area contributed by atoms with E-state index in [1.165, 1.54) is 43.5 Å². The van der Waals surface area contributed by atoms with Gasteiger partial charge < -0.3 is 14.8 Å². The Bertz CT molecular complexity index is 892. The molecule has 6 nitrogen and oxygen atoms in total. The van der Waals surface area contributed by atoms with E-state index in [9.17, 15) is 14.7 Å². The Morgan fingerprint density at radius 1 is 1.11 bits per heavy atom. The average Bonchev–Trinajstić information content (AvgIpc) is 2.68. The van der Waals surface area contributed by atoms with E-state index < -0.39 is 11.7 Å². The highest BCUT2D eigenvalue weighted by Crippen LogP contribution is 2.24. The molecular weight excluding hydrogens is 380 g/mol. The lowest BCUT2D eigenvalue weighted by atomic mass is 10.0. The van der Waals surface area contributed by atoms with Crippen LogP contribution in [0.15, 0.2) is 34.9 Å². The van der Waals surface area contributed by atoms with Crippen LogP contribution in [0.1, 0.15) is 71.7 Å². The summed E-state index contributed by atoms with van der Waals surface area (Å²) in [6.07, 6.45) is 7.72. The summed E-state index contributed by atoms with van der Waals surface area (Å²) in [5, 5.41) is 20.8. The van der Waals surface area contributed by atoms with E-state index in [2.05, 4.69) is 12.2 Å². The Balaban J connectivity index is 2.04. The first kappa shape index (κ1) is 21.7. The fourth-order valence-electron chi connectivity index (χ4n) is 2.78. The average molecular weight is 405 g/mol. The lowest BCUT2D eigenvalue weighted by Crippen LogP contribution is -2.29. The zero-order valence-electron chi connectivity index (χ0n) is 15.9. The first-order valence-corrected chi connectivity index (χ1v) is 9.80. The standard InChI is InChI=1S/C21H25ClN2O4/c1-2-3-4-5-6-7-10-24-21(27)17-11-14(13-28-20(17)23)19(26)16-12-15(22)8-9-18(16)25/h8-9,11-13,23,25H,2-7,10H2,1H3,(H,24,27). The Kier molecular flexibility index (Phi) is 8.26. The summed E-state index contributed by atoms with van der Waals surface area (Å²) in [5.41, 5.74) is -0.303. The lowest BCUT2D eigenvalue weighted by Gasteiger charge is -2.08. The molecule has 0 fully saturated rings. The van der Waals surface area contributed by atoms with Gasteiger partial charge in [-0.25, -0.2) is 0 Å². The fraction of sp³-hybridized carbons (Fsp3) is 0.381. The van der Waals surface area contributed by atoms with Crippen molar-refractivity contribution in [3.05, 3.63) is 57.8 Å². The van der Waals surface area contributed by atoms with Crippen LogP contribution >= 0.6 is 11.6 Å². The van der Waals surface area contributed by atoms with Gasteiger partial charge in [0, 0.05) is 11.6 Å². The normalized spacial score (nSPS) is 10.6. The minimum atomic E-state index is -0.547. The largest absolute Gasteiger partial charge is 0.507 e. The number of phenolic OH excluding ortho intramolecular Hbond substituents is 1. The molecule has 0 saturated heterocycles. The van der Waals surface area contributed by atoms with E-state index in [0.717, 1.165) is 25.5 Å². The molecule has 3 N–H and O–H groups in total. The molecule has 2 rings (SSSR count). The van der Waals surface area contributed by atoms with Gasteiger partial charge in [-0.2, -0.15) is 0 Å². The van der Waals surface area contributed by atoms with E-state index in [-0.39, 0.29) is 28.0 Å². The van der Waals surface area contributed by atoms with Crippen molar-refractivity contribution in [2.24, 2.45) is 0 Å². The predicted molar refractivity (Wildman–Crippen MR) is 107 cm³/mol. The van der Waals surface area contributed by atoms with Gasteiger partial charge in [0.15, 0.2) is 5.78 Å². The van der Waals surface area contributed by atoms with Crippen molar-refractivity contribution in [3.63, 3.8) is 0 Å². The summed E-state index contributed by atoms with van der Waals surface area (Å²) < 4.78 is 5.07. The van der Waals surface area contributed by atoms with Crippen molar-refractivity contribution in [2.75, 3.05) is 6.54 Å². The zero-order valence-corrected chi connectivity index (χ0v) is 16.6. The molecule has 0 bridgehead atoms.